The highest BCUT2D eigenvalue weighted by molar-refractivity contribution is 9.10. The molecule has 106 valence electrons. The second kappa shape index (κ2) is 7.37. The molecule has 0 aliphatic heterocycles. The Morgan fingerprint density at radius 3 is 2.55 bits per heavy atom. The average Bonchev–Trinajstić information content (AvgIpc) is 2.41. The van der Waals surface area contributed by atoms with Crippen LogP contribution < -0.4 is 0 Å². The third kappa shape index (κ3) is 4.42. The third-order valence-corrected chi connectivity index (χ3v) is 5.00. The molecule has 0 aromatic heterocycles. The van der Waals surface area contributed by atoms with E-state index in [0.717, 1.165) is 28.2 Å². The first-order chi connectivity index (χ1) is 9.58. The van der Waals surface area contributed by atoms with Gasteiger partial charge >= 0.3 is 0 Å². The Morgan fingerprint density at radius 2 is 1.90 bits per heavy atom. The van der Waals surface area contributed by atoms with Crippen LogP contribution >= 0.6 is 31.9 Å². The minimum atomic E-state index is -0.199. The molecule has 0 aliphatic carbocycles. The van der Waals surface area contributed by atoms with Gasteiger partial charge in [-0.15, -0.1) is 0 Å². The van der Waals surface area contributed by atoms with E-state index < -0.39 is 0 Å². The van der Waals surface area contributed by atoms with Crippen molar-refractivity contribution < 1.29 is 4.39 Å². The summed E-state index contributed by atoms with van der Waals surface area (Å²) in [6.07, 6.45) is 1.96. The van der Waals surface area contributed by atoms with E-state index in [9.17, 15) is 4.39 Å². The van der Waals surface area contributed by atoms with Gasteiger partial charge in [0.25, 0.3) is 0 Å². The number of hydrogen-bond donors (Lipinski definition) is 0. The van der Waals surface area contributed by atoms with Crippen LogP contribution in [0.5, 0.6) is 0 Å². The number of rotatable bonds is 5. The van der Waals surface area contributed by atoms with E-state index >= 15 is 0 Å². The molecule has 2 aromatic rings. The van der Waals surface area contributed by atoms with E-state index in [-0.39, 0.29) is 5.82 Å². The first-order valence-electron chi connectivity index (χ1n) is 6.64. The molecular weight excluding hydrogens is 383 g/mol. The Bertz CT molecular complexity index is 581. The summed E-state index contributed by atoms with van der Waals surface area (Å²) in [6, 6.07) is 13.5. The van der Waals surface area contributed by atoms with Crippen molar-refractivity contribution in [3.05, 3.63) is 69.4 Å². The molecule has 0 aliphatic rings. The van der Waals surface area contributed by atoms with Gasteiger partial charge in [-0.1, -0.05) is 67.8 Å². The molecule has 0 saturated heterocycles. The fourth-order valence-corrected chi connectivity index (χ4v) is 3.32. The zero-order chi connectivity index (χ0) is 14.5. The van der Waals surface area contributed by atoms with Crippen LogP contribution in [-0.4, -0.2) is 5.33 Å². The number of benzene rings is 2. The van der Waals surface area contributed by atoms with E-state index in [2.05, 4.69) is 63.0 Å². The molecule has 0 saturated carbocycles. The van der Waals surface area contributed by atoms with Crippen molar-refractivity contribution in [2.45, 2.75) is 19.8 Å². The molecule has 3 heteroatoms. The van der Waals surface area contributed by atoms with Crippen LogP contribution in [0.3, 0.4) is 0 Å². The van der Waals surface area contributed by atoms with Gasteiger partial charge in [0.05, 0.1) is 0 Å². The van der Waals surface area contributed by atoms with Crippen molar-refractivity contribution in [2.75, 3.05) is 5.33 Å². The predicted octanol–water partition coefficient (Wildman–Crippen LogP) is 5.69. The van der Waals surface area contributed by atoms with Gasteiger partial charge in [0.15, 0.2) is 0 Å². The van der Waals surface area contributed by atoms with Gasteiger partial charge < -0.3 is 0 Å². The second-order valence-electron chi connectivity index (χ2n) is 5.15. The number of hydrogen-bond acceptors (Lipinski definition) is 0. The summed E-state index contributed by atoms with van der Waals surface area (Å²) < 4.78 is 14.0. The normalized spacial score (nSPS) is 12.4. The molecule has 0 nitrogen and oxygen atoms in total. The summed E-state index contributed by atoms with van der Waals surface area (Å²) in [5.74, 6) is 0.299. The van der Waals surface area contributed by atoms with Crippen LogP contribution in [0, 0.1) is 18.7 Å². The van der Waals surface area contributed by atoms with E-state index in [0.29, 0.717) is 5.92 Å². The second-order valence-corrected chi connectivity index (χ2v) is 6.66. The van der Waals surface area contributed by atoms with Crippen molar-refractivity contribution in [2.24, 2.45) is 5.92 Å². The van der Waals surface area contributed by atoms with E-state index in [1.165, 1.54) is 23.3 Å². The van der Waals surface area contributed by atoms with Crippen LogP contribution in [-0.2, 0) is 12.8 Å². The lowest BCUT2D eigenvalue weighted by atomic mass is 9.93. The number of aryl methyl sites for hydroxylation is 1. The topological polar surface area (TPSA) is 0 Å². The molecule has 2 aromatic carbocycles. The molecule has 0 radical (unpaired) electrons. The predicted molar refractivity (Wildman–Crippen MR) is 90.0 cm³/mol. The smallest absolute Gasteiger partial charge is 0.124 e. The van der Waals surface area contributed by atoms with Crippen LogP contribution in [0.1, 0.15) is 16.7 Å². The first-order valence-corrected chi connectivity index (χ1v) is 8.55. The van der Waals surface area contributed by atoms with Crippen molar-refractivity contribution in [3.63, 3.8) is 0 Å². The van der Waals surface area contributed by atoms with Crippen LogP contribution in [0.25, 0.3) is 0 Å². The van der Waals surface area contributed by atoms with Crippen molar-refractivity contribution in [1.82, 2.24) is 0 Å². The van der Waals surface area contributed by atoms with Gasteiger partial charge in [-0.05, 0) is 48.9 Å². The highest BCUT2D eigenvalue weighted by Crippen LogP contribution is 2.24. The van der Waals surface area contributed by atoms with Gasteiger partial charge in [0.1, 0.15) is 5.82 Å². The van der Waals surface area contributed by atoms with Crippen molar-refractivity contribution in [1.29, 1.82) is 0 Å². The molecule has 0 amide bonds. The molecule has 0 spiro atoms. The molecule has 0 bridgehead atoms. The Kier molecular flexibility index (Phi) is 5.79. The lowest BCUT2D eigenvalue weighted by molar-refractivity contribution is 0.586. The van der Waals surface area contributed by atoms with E-state index in [1.54, 1.807) is 0 Å². The maximum atomic E-state index is 13.1. The zero-order valence-electron chi connectivity index (χ0n) is 11.4. The van der Waals surface area contributed by atoms with Crippen molar-refractivity contribution in [3.8, 4) is 0 Å². The lowest BCUT2D eigenvalue weighted by Crippen LogP contribution is -2.10. The summed E-state index contributed by atoms with van der Waals surface area (Å²) >= 11 is 7.05. The standard InChI is InChI=1S/C17H17Br2F/c1-12-3-2-4-13(7-12)8-14(11-18)9-15-5-6-16(20)10-17(15)19/h2-7,10,14H,8-9,11H2,1H3. The highest BCUT2D eigenvalue weighted by atomic mass is 79.9. The molecule has 2 rings (SSSR count). The Morgan fingerprint density at radius 1 is 1.10 bits per heavy atom. The quantitative estimate of drug-likeness (QED) is 0.566. The summed E-state index contributed by atoms with van der Waals surface area (Å²) in [7, 11) is 0. The largest absolute Gasteiger partial charge is 0.207 e. The van der Waals surface area contributed by atoms with Gasteiger partial charge in [0.2, 0.25) is 0 Å². The van der Waals surface area contributed by atoms with E-state index in [1.807, 2.05) is 6.07 Å². The Balaban J connectivity index is 2.09. The molecule has 1 unspecified atom stereocenters. The molecule has 20 heavy (non-hydrogen) atoms. The Labute approximate surface area is 136 Å². The van der Waals surface area contributed by atoms with Gasteiger partial charge in [-0.3, -0.25) is 0 Å². The fraction of sp³-hybridized carbons (Fsp3) is 0.294. The molecular formula is C17H17Br2F. The van der Waals surface area contributed by atoms with Gasteiger partial charge in [-0.2, -0.15) is 0 Å². The van der Waals surface area contributed by atoms with Crippen molar-refractivity contribution >= 4 is 31.9 Å². The average molecular weight is 400 g/mol. The molecule has 0 fully saturated rings. The SMILES string of the molecule is Cc1cccc(CC(CBr)Cc2ccc(F)cc2Br)c1. The summed E-state index contributed by atoms with van der Waals surface area (Å²) in [6.45, 7) is 2.11. The number of halogens is 3. The maximum Gasteiger partial charge on any atom is 0.124 e. The number of alkyl halides is 1. The molecule has 0 N–H and O–H groups in total. The summed E-state index contributed by atoms with van der Waals surface area (Å²) in [5, 5.41) is 0.935. The van der Waals surface area contributed by atoms with Crippen LogP contribution in [0.15, 0.2) is 46.9 Å². The summed E-state index contributed by atoms with van der Waals surface area (Å²) in [5.41, 5.74) is 3.80. The minimum Gasteiger partial charge on any atom is -0.207 e. The fourth-order valence-electron chi connectivity index (χ4n) is 2.35. The minimum absolute atomic E-state index is 0.199. The summed E-state index contributed by atoms with van der Waals surface area (Å²) in [4.78, 5) is 0. The third-order valence-electron chi connectivity index (χ3n) is 3.35. The zero-order valence-corrected chi connectivity index (χ0v) is 14.5. The van der Waals surface area contributed by atoms with E-state index in [4.69, 9.17) is 0 Å². The van der Waals surface area contributed by atoms with Crippen LogP contribution in [0.2, 0.25) is 0 Å². The van der Waals surface area contributed by atoms with Gasteiger partial charge in [-0.25, -0.2) is 4.39 Å². The molecule has 1 atom stereocenters. The highest BCUT2D eigenvalue weighted by Gasteiger charge is 2.12. The monoisotopic (exact) mass is 398 g/mol. The maximum absolute atomic E-state index is 13.1. The Hall–Kier alpha value is -0.670. The molecule has 0 heterocycles. The van der Waals surface area contributed by atoms with Crippen LogP contribution in [0.4, 0.5) is 4.39 Å². The van der Waals surface area contributed by atoms with Gasteiger partial charge in [0, 0.05) is 9.80 Å². The first kappa shape index (κ1) is 15.7. The lowest BCUT2D eigenvalue weighted by Gasteiger charge is -2.15.